The van der Waals surface area contributed by atoms with Crippen molar-refractivity contribution in [1.29, 1.82) is 0 Å². The number of aryl methyl sites for hydroxylation is 1. The van der Waals surface area contributed by atoms with Gasteiger partial charge in [-0.05, 0) is 47.4 Å². The highest BCUT2D eigenvalue weighted by Crippen LogP contribution is 2.39. The Morgan fingerprint density at radius 2 is 2.04 bits per heavy atom. The van der Waals surface area contributed by atoms with Crippen molar-refractivity contribution < 1.29 is 9.59 Å². The van der Waals surface area contributed by atoms with Gasteiger partial charge in [-0.2, -0.15) is 0 Å². The van der Waals surface area contributed by atoms with Gasteiger partial charge in [0.2, 0.25) is 11.8 Å². The molecule has 9 heteroatoms. The van der Waals surface area contributed by atoms with Crippen LogP contribution in [-0.2, 0) is 22.7 Å². The number of tetrazole rings is 1. The molecule has 2 fully saturated rings. The van der Waals surface area contributed by atoms with E-state index < -0.39 is 0 Å². The van der Waals surface area contributed by atoms with Crippen LogP contribution in [0.15, 0.2) is 30.9 Å². The summed E-state index contributed by atoms with van der Waals surface area (Å²) in [7, 11) is 0. The lowest BCUT2D eigenvalue weighted by Crippen LogP contribution is -2.54. The van der Waals surface area contributed by atoms with Crippen molar-refractivity contribution in [2.24, 2.45) is 5.41 Å². The van der Waals surface area contributed by atoms with Crippen LogP contribution in [0.3, 0.4) is 0 Å². The van der Waals surface area contributed by atoms with Crippen LogP contribution >= 0.6 is 0 Å². The third-order valence-electron chi connectivity index (χ3n) is 5.83. The Morgan fingerprint density at radius 1 is 1.18 bits per heavy atom. The summed E-state index contributed by atoms with van der Waals surface area (Å²) in [6, 6.07) is 3.90. The molecule has 0 bridgehead atoms. The molecule has 0 unspecified atom stereocenters. The molecule has 0 aromatic carbocycles. The third-order valence-corrected chi connectivity index (χ3v) is 5.83. The molecule has 2 aliphatic heterocycles. The Labute approximate surface area is 163 Å². The number of hydrogen-bond donors (Lipinski definition) is 0. The van der Waals surface area contributed by atoms with Gasteiger partial charge < -0.3 is 9.80 Å². The molecule has 9 nitrogen and oxygen atoms in total. The van der Waals surface area contributed by atoms with Crippen LogP contribution in [0.5, 0.6) is 0 Å². The molecule has 2 aromatic rings. The molecule has 2 aliphatic rings. The van der Waals surface area contributed by atoms with Gasteiger partial charge in [-0.3, -0.25) is 14.6 Å². The zero-order valence-corrected chi connectivity index (χ0v) is 15.9. The standard InChI is InChI=1S/C19H25N7O2/c27-17-2-7-19(14-25(17)12-16-3-8-20-9-4-16)6-1-10-24(13-19)18(28)5-11-26-15-21-22-23-26/h3-4,8-9,15H,1-2,5-7,10-14H2/t19-/m1/s1. The first-order valence-electron chi connectivity index (χ1n) is 9.79. The molecule has 148 valence electrons. The summed E-state index contributed by atoms with van der Waals surface area (Å²) in [6.45, 7) is 3.32. The monoisotopic (exact) mass is 383 g/mol. The predicted octanol–water partition coefficient (Wildman–Crippen LogP) is 0.890. The highest BCUT2D eigenvalue weighted by molar-refractivity contribution is 5.78. The molecule has 0 saturated carbocycles. The molecule has 0 aliphatic carbocycles. The van der Waals surface area contributed by atoms with E-state index in [-0.39, 0.29) is 17.2 Å². The van der Waals surface area contributed by atoms with Crippen LogP contribution in [0.25, 0.3) is 0 Å². The van der Waals surface area contributed by atoms with Crippen molar-refractivity contribution in [2.75, 3.05) is 19.6 Å². The Hall–Kier alpha value is -2.84. The zero-order chi connectivity index (χ0) is 19.4. The van der Waals surface area contributed by atoms with Crippen LogP contribution in [-0.4, -0.2) is 66.4 Å². The lowest BCUT2D eigenvalue weighted by molar-refractivity contribution is -0.143. The number of rotatable bonds is 5. The van der Waals surface area contributed by atoms with E-state index in [4.69, 9.17) is 0 Å². The minimum Gasteiger partial charge on any atom is -0.342 e. The summed E-state index contributed by atoms with van der Waals surface area (Å²) in [5.41, 5.74) is 1.09. The van der Waals surface area contributed by atoms with Crippen molar-refractivity contribution in [1.82, 2.24) is 35.0 Å². The van der Waals surface area contributed by atoms with Gasteiger partial charge in [-0.25, -0.2) is 4.68 Å². The number of carbonyl (C=O) groups is 2. The number of piperidine rings is 2. The normalized spacial score (nSPS) is 22.6. The first kappa shape index (κ1) is 18.5. The largest absolute Gasteiger partial charge is 0.342 e. The van der Waals surface area contributed by atoms with Crippen molar-refractivity contribution >= 4 is 11.8 Å². The molecule has 2 saturated heterocycles. The quantitative estimate of drug-likeness (QED) is 0.761. The van der Waals surface area contributed by atoms with Gasteiger partial charge in [0.05, 0.1) is 6.54 Å². The van der Waals surface area contributed by atoms with Crippen LogP contribution in [0, 0.1) is 5.41 Å². The summed E-state index contributed by atoms with van der Waals surface area (Å²) in [5, 5.41) is 11.0. The van der Waals surface area contributed by atoms with Crippen LogP contribution in [0.4, 0.5) is 0 Å². The fourth-order valence-electron chi connectivity index (χ4n) is 4.36. The molecule has 4 heterocycles. The minimum absolute atomic E-state index is 0.00363. The van der Waals surface area contributed by atoms with Gasteiger partial charge in [0.25, 0.3) is 0 Å². The molecule has 28 heavy (non-hydrogen) atoms. The molecule has 0 radical (unpaired) electrons. The van der Waals surface area contributed by atoms with E-state index in [1.54, 1.807) is 17.1 Å². The zero-order valence-electron chi connectivity index (χ0n) is 15.9. The second-order valence-electron chi connectivity index (χ2n) is 7.85. The van der Waals surface area contributed by atoms with Crippen molar-refractivity contribution in [3.05, 3.63) is 36.4 Å². The Bertz CT molecular complexity index is 811. The topological polar surface area (TPSA) is 97.1 Å². The summed E-state index contributed by atoms with van der Waals surface area (Å²) in [4.78, 5) is 33.2. The molecular formula is C19H25N7O2. The summed E-state index contributed by atoms with van der Waals surface area (Å²) < 4.78 is 1.58. The Morgan fingerprint density at radius 3 is 2.82 bits per heavy atom. The van der Waals surface area contributed by atoms with E-state index in [1.165, 1.54) is 6.33 Å². The Balaban J connectivity index is 1.39. The second kappa shape index (κ2) is 8.04. The molecule has 2 amide bonds. The minimum atomic E-state index is 0.00363. The third kappa shape index (κ3) is 4.18. The lowest BCUT2D eigenvalue weighted by Gasteiger charge is -2.48. The van der Waals surface area contributed by atoms with Crippen molar-refractivity contribution in [3.8, 4) is 0 Å². The van der Waals surface area contributed by atoms with E-state index in [2.05, 4.69) is 20.5 Å². The second-order valence-corrected chi connectivity index (χ2v) is 7.85. The maximum atomic E-state index is 12.7. The van der Waals surface area contributed by atoms with Gasteiger partial charge in [0.1, 0.15) is 6.33 Å². The first-order chi connectivity index (χ1) is 13.6. The van der Waals surface area contributed by atoms with Crippen LogP contribution < -0.4 is 0 Å². The number of pyridine rings is 1. The highest BCUT2D eigenvalue weighted by Gasteiger charge is 2.42. The van der Waals surface area contributed by atoms with Crippen molar-refractivity contribution in [2.45, 2.75) is 45.2 Å². The Kier molecular flexibility index (Phi) is 5.31. The summed E-state index contributed by atoms with van der Waals surface area (Å²) in [5.74, 6) is 0.330. The fourth-order valence-corrected chi connectivity index (χ4v) is 4.36. The number of likely N-dealkylation sites (tertiary alicyclic amines) is 2. The SMILES string of the molecule is O=C(CCn1cnnn1)N1CCC[C@@]2(CCC(=O)N(Cc3ccncc3)C2)C1. The number of amides is 2. The molecule has 0 N–H and O–H groups in total. The summed E-state index contributed by atoms with van der Waals surface area (Å²) in [6.07, 6.45) is 8.87. The van der Waals surface area contributed by atoms with Gasteiger partial charge >= 0.3 is 0 Å². The maximum Gasteiger partial charge on any atom is 0.224 e. The molecule has 2 aromatic heterocycles. The van der Waals surface area contributed by atoms with E-state index in [0.29, 0.717) is 32.5 Å². The van der Waals surface area contributed by atoms with E-state index in [9.17, 15) is 9.59 Å². The summed E-state index contributed by atoms with van der Waals surface area (Å²) >= 11 is 0. The molecule has 4 rings (SSSR count). The number of aromatic nitrogens is 5. The predicted molar refractivity (Wildman–Crippen MR) is 99.6 cm³/mol. The van der Waals surface area contributed by atoms with Crippen molar-refractivity contribution in [3.63, 3.8) is 0 Å². The number of hydrogen-bond acceptors (Lipinski definition) is 6. The lowest BCUT2D eigenvalue weighted by atomic mass is 9.73. The van der Waals surface area contributed by atoms with Gasteiger partial charge in [-0.1, -0.05) is 0 Å². The average Bonchev–Trinajstić information content (AvgIpc) is 3.24. The van der Waals surface area contributed by atoms with Gasteiger partial charge in [0, 0.05) is 56.8 Å². The average molecular weight is 383 g/mol. The molecule has 1 spiro atoms. The van der Waals surface area contributed by atoms with Gasteiger partial charge in [0.15, 0.2) is 0 Å². The van der Waals surface area contributed by atoms with E-state index >= 15 is 0 Å². The molecular weight excluding hydrogens is 358 g/mol. The smallest absolute Gasteiger partial charge is 0.224 e. The first-order valence-corrected chi connectivity index (χ1v) is 9.79. The highest BCUT2D eigenvalue weighted by atomic mass is 16.2. The van der Waals surface area contributed by atoms with Crippen LogP contribution in [0.1, 0.15) is 37.7 Å². The van der Waals surface area contributed by atoms with Gasteiger partial charge in [-0.15, -0.1) is 5.10 Å². The number of carbonyl (C=O) groups excluding carboxylic acids is 2. The van der Waals surface area contributed by atoms with Crippen LogP contribution in [0.2, 0.25) is 0 Å². The maximum absolute atomic E-state index is 12.7. The fraction of sp³-hybridized carbons (Fsp3) is 0.579. The van der Waals surface area contributed by atoms with E-state index in [0.717, 1.165) is 37.9 Å². The van der Waals surface area contributed by atoms with E-state index in [1.807, 2.05) is 21.9 Å². The molecule has 1 atom stereocenters. The number of nitrogens with zero attached hydrogens (tertiary/aromatic N) is 7.